The lowest BCUT2D eigenvalue weighted by atomic mass is 10.1. The molecule has 1 nitrogen and oxygen atoms in total. The van der Waals surface area contributed by atoms with Gasteiger partial charge in [-0.15, -0.1) is 0 Å². The van der Waals surface area contributed by atoms with Crippen molar-refractivity contribution in [3.63, 3.8) is 0 Å². The Balaban J connectivity index is 1.79. The highest BCUT2D eigenvalue weighted by molar-refractivity contribution is 5.15. The molecule has 0 aliphatic heterocycles. The fourth-order valence-corrected chi connectivity index (χ4v) is 2.75. The van der Waals surface area contributed by atoms with Gasteiger partial charge in [0.25, 0.3) is 0 Å². The van der Waals surface area contributed by atoms with Crippen molar-refractivity contribution in [1.29, 1.82) is 0 Å². The van der Waals surface area contributed by atoms with Gasteiger partial charge in [0.05, 0.1) is 0 Å². The molecule has 1 N–H and O–H groups in total. The summed E-state index contributed by atoms with van der Waals surface area (Å²) < 4.78 is 12.8. The van der Waals surface area contributed by atoms with Crippen LogP contribution in [0.25, 0.3) is 0 Å². The van der Waals surface area contributed by atoms with Crippen LogP contribution in [0, 0.1) is 5.82 Å². The van der Waals surface area contributed by atoms with Gasteiger partial charge in [-0.25, -0.2) is 4.39 Å². The van der Waals surface area contributed by atoms with Crippen molar-refractivity contribution in [3.8, 4) is 0 Å². The van der Waals surface area contributed by atoms with Crippen LogP contribution in [-0.4, -0.2) is 13.1 Å². The molecule has 2 heteroatoms. The van der Waals surface area contributed by atoms with Gasteiger partial charge in [-0.2, -0.15) is 0 Å². The van der Waals surface area contributed by atoms with Gasteiger partial charge in [0.15, 0.2) is 0 Å². The van der Waals surface area contributed by atoms with E-state index < -0.39 is 0 Å². The monoisotopic (exact) mass is 307 g/mol. The molecule has 0 atom stereocenters. The van der Waals surface area contributed by atoms with Gasteiger partial charge in [-0.05, 0) is 50.0 Å². The van der Waals surface area contributed by atoms with E-state index in [0.29, 0.717) is 0 Å². The summed E-state index contributed by atoms with van der Waals surface area (Å²) in [6.07, 6.45) is 14.6. The molecule has 0 amide bonds. The second-order valence-electron chi connectivity index (χ2n) is 6.31. The molecule has 1 rings (SSSR count). The normalized spacial score (nSPS) is 11.0. The minimum Gasteiger partial charge on any atom is -0.317 e. The number of benzene rings is 1. The number of nitrogens with one attached hydrogen (secondary N) is 1. The van der Waals surface area contributed by atoms with E-state index >= 15 is 0 Å². The summed E-state index contributed by atoms with van der Waals surface area (Å²) in [5.41, 5.74) is 1.23. The van der Waals surface area contributed by atoms with Crippen LogP contribution >= 0.6 is 0 Å². The predicted molar refractivity (Wildman–Crippen MR) is 94.8 cm³/mol. The molecule has 0 saturated carbocycles. The van der Waals surface area contributed by atoms with E-state index in [2.05, 4.69) is 12.2 Å². The number of halogens is 1. The standard InChI is InChI=1S/C20H34FN/c1-2-3-4-5-6-7-8-9-10-17-22-18-11-12-19-13-15-20(21)16-14-19/h13-16,22H,2-12,17-18H2,1H3. The van der Waals surface area contributed by atoms with Gasteiger partial charge in [-0.3, -0.25) is 0 Å². The summed E-state index contributed by atoms with van der Waals surface area (Å²) in [4.78, 5) is 0. The van der Waals surface area contributed by atoms with Crippen molar-refractivity contribution in [2.75, 3.05) is 13.1 Å². The maximum atomic E-state index is 12.8. The molecule has 0 bridgehead atoms. The van der Waals surface area contributed by atoms with Crippen molar-refractivity contribution in [1.82, 2.24) is 5.32 Å². The topological polar surface area (TPSA) is 12.0 Å². The number of aryl methyl sites for hydroxylation is 1. The zero-order valence-corrected chi connectivity index (χ0v) is 14.4. The van der Waals surface area contributed by atoms with E-state index in [4.69, 9.17) is 0 Å². The molecule has 0 unspecified atom stereocenters. The molecule has 0 heterocycles. The third kappa shape index (κ3) is 10.8. The minimum absolute atomic E-state index is 0.146. The highest BCUT2D eigenvalue weighted by atomic mass is 19.1. The zero-order chi connectivity index (χ0) is 15.9. The van der Waals surface area contributed by atoms with Crippen molar-refractivity contribution in [2.24, 2.45) is 0 Å². The van der Waals surface area contributed by atoms with Crippen LogP contribution in [0.4, 0.5) is 4.39 Å². The molecule has 0 spiro atoms. The molecule has 1 aromatic rings. The third-order valence-corrected chi connectivity index (χ3v) is 4.19. The molecule has 0 aliphatic carbocycles. The molecule has 22 heavy (non-hydrogen) atoms. The quantitative estimate of drug-likeness (QED) is 0.423. The van der Waals surface area contributed by atoms with Crippen LogP contribution in [0.15, 0.2) is 24.3 Å². The van der Waals surface area contributed by atoms with Crippen molar-refractivity contribution < 1.29 is 4.39 Å². The van der Waals surface area contributed by atoms with Gasteiger partial charge in [0, 0.05) is 0 Å². The fourth-order valence-electron chi connectivity index (χ4n) is 2.75. The first kappa shape index (κ1) is 19.2. The van der Waals surface area contributed by atoms with E-state index in [1.54, 1.807) is 12.1 Å². The highest BCUT2D eigenvalue weighted by Gasteiger charge is 1.95. The second kappa shape index (κ2) is 13.8. The maximum absolute atomic E-state index is 12.8. The zero-order valence-electron chi connectivity index (χ0n) is 14.4. The Morgan fingerprint density at radius 3 is 1.91 bits per heavy atom. The van der Waals surface area contributed by atoms with Gasteiger partial charge < -0.3 is 5.32 Å². The lowest BCUT2D eigenvalue weighted by Crippen LogP contribution is -2.17. The SMILES string of the molecule is CCCCCCCCCCCNCCCc1ccc(F)cc1. The van der Waals surface area contributed by atoms with Crippen LogP contribution in [0.2, 0.25) is 0 Å². The molecule has 1 aromatic carbocycles. The van der Waals surface area contributed by atoms with Crippen LogP contribution < -0.4 is 5.32 Å². The van der Waals surface area contributed by atoms with Crippen molar-refractivity contribution in [3.05, 3.63) is 35.6 Å². The molecule has 0 radical (unpaired) electrons. The molecule has 0 aromatic heterocycles. The van der Waals surface area contributed by atoms with E-state index in [1.807, 2.05) is 12.1 Å². The maximum Gasteiger partial charge on any atom is 0.123 e. The van der Waals surface area contributed by atoms with Crippen LogP contribution in [-0.2, 0) is 6.42 Å². The molecular weight excluding hydrogens is 273 g/mol. The number of unbranched alkanes of at least 4 members (excludes halogenated alkanes) is 8. The summed E-state index contributed by atoms with van der Waals surface area (Å²) in [5.74, 6) is -0.146. The Labute approximate surface area is 136 Å². The second-order valence-corrected chi connectivity index (χ2v) is 6.31. The molecule has 0 fully saturated rings. The Morgan fingerprint density at radius 2 is 1.27 bits per heavy atom. The van der Waals surface area contributed by atoms with Crippen molar-refractivity contribution >= 4 is 0 Å². The van der Waals surface area contributed by atoms with Gasteiger partial charge in [0.1, 0.15) is 5.82 Å². The summed E-state index contributed by atoms with van der Waals surface area (Å²) in [5, 5.41) is 3.51. The Morgan fingerprint density at radius 1 is 0.727 bits per heavy atom. The average molecular weight is 307 g/mol. The first-order valence-corrected chi connectivity index (χ1v) is 9.28. The van der Waals surface area contributed by atoms with Crippen LogP contribution in [0.3, 0.4) is 0 Å². The van der Waals surface area contributed by atoms with Gasteiger partial charge in [0.2, 0.25) is 0 Å². The number of hydrogen-bond acceptors (Lipinski definition) is 1. The Kier molecular flexibility index (Phi) is 12.0. The Hall–Kier alpha value is -0.890. The lowest BCUT2D eigenvalue weighted by molar-refractivity contribution is 0.545. The molecule has 0 saturated heterocycles. The highest BCUT2D eigenvalue weighted by Crippen LogP contribution is 2.09. The number of rotatable bonds is 14. The van der Waals surface area contributed by atoms with E-state index in [1.165, 1.54) is 63.4 Å². The first-order chi connectivity index (χ1) is 10.8. The smallest absolute Gasteiger partial charge is 0.123 e. The summed E-state index contributed by atoms with van der Waals surface area (Å²) in [7, 11) is 0. The van der Waals surface area contributed by atoms with Crippen LogP contribution in [0.5, 0.6) is 0 Å². The van der Waals surface area contributed by atoms with E-state index in [0.717, 1.165) is 25.9 Å². The first-order valence-electron chi connectivity index (χ1n) is 9.28. The summed E-state index contributed by atoms with van der Waals surface area (Å²) >= 11 is 0. The lowest BCUT2D eigenvalue weighted by Gasteiger charge is -2.05. The molecule has 0 aliphatic rings. The minimum atomic E-state index is -0.146. The van der Waals surface area contributed by atoms with E-state index in [-0.39, 0.29) is 5.82 Å². The van der Waals surface area contributed by atoms with Gasteiger partial charge >= 0.3 is 0 Å². The number of hydrogen-bond donors (Lipinski definition) is 1. The third-order valence-electron chi connectivity index (χ3n) is 4.19. The van der Waals surface area contributed by atoms with Crippen molar-refractivity contribution in [2.45, 2.75) is 77.6 Å². The molecular formula is C20H34FN. The summed E-state index contributed by atoms with van der Waals surface area (Å²) in [6, 6.07) is 6.86. The fraction of sp³-hybridized carbons (Fsp3) is 0.700. The van der Waals surface area contributed by atoms with E-state index in [9.17, 15) is 4.39 Å². The summed E-state index contributed by atoms with van der Waals surface area (Å²) in [6.45, 7) is 4.47. The Bertz CT molecular complexity index is 347. The predicted octanol–water partition coefficient (Wildman–Crippen LogP) is 5.88. The average Bonchev–Trinajstić information content (AvgIpc) is 2.53. The largest absolute Gasteiger partial charge is 0.317 e. The van der Waals surface area contributed by atoms with Gasteiger partial charge in [-0.1, -0.05) is 70.4 Å². The molecule has 126 valence electrons. The van der Waals surface area contributed by atoms with Crippen LogP contribution in [0.1, 0.15) is 76.7 Å².